The predicted octanol–water partition coefficient (Wildman–Crippen LogP) is 8.02. The van der Waals surface area contributed by atoms with E-state index in [0.717, 1.165) is 47.6 Å². The number of aliphatic hydroxyl groups is 1. The number of allylic oxidation sites excluding steroid dienone is 4. The lowest BCUT2D eigenvalue weighted by molar-refractivity contribution is 0.387. The van der Waals surface area contributed by atoms with Gasteiger partial charge in [0, 0.05) is 28.1 Å². The van der Waals surface area contributed by atoms with Gasteiger partial charge >= 0.3 is 0 Å². The fourth-order valence-corrected chi connectivity index (χ4v) is 5.04. The SMILES string of the molecule is C=C(O)CCC/C(=C1\C=C(C)C(c2ccccc2)=N1)c1[nH]c(-c2ccc(CC)s2)cc1C. The molecule has 3 heterocycles. The molecule has 1 aliphatic heterocycles. The van der Waals surface area contributed by atoms with E-state index >= 15 is 0 Å². The number of aliphatic imine (C=N–C) groups is 1. The number of hydrogen-bond donors (Lipinski definition) is 2. The Kier molecular flexibility index (Phi) is 6.61. The molecule has 4 rings (SSSR count). The van der Waals surface area contributed by atoms with E-state index < -0.39 is 0 Å². The number of aryl methyl sites for hydroxylation is 2. The second-order valence-electron chi connectivity index (χ2n) is 8.30. The van der Waals surface area contributed by atoms with Gasteiger partial charge in [0.2, 0.25) is 0 Å². The molecule has 2 N–H and O–H groups in total. The van der Waals surface area contributed by atoms with Crippen LogP contribution in [-0.4, -0.2) is 15.8 Å². The van der Waals surface area contributed by atoms with E-state index in [4.69, 9.17) is 4.99 Å². The standard InChI is InChI=1S/C28H30N2OS/c1-5-22-14-15-26(32-22)25-17-19(3)28(30-25)23(13-9-10-20(4)31)24-16-18(2)27(29-24)21-11-7-6-8-12-21/h6-8,11-12,14-17,30-31H,4-5,9-10,13H2,1-3H3/b24-23-. The van der Waals surface area contributed by atoms with E-state index in [0.29, 0.717) is 6.42 Å². The lowest BCUT2D eigenvalue weighted by atomic mass is 9.99. The average Bonchev–Trinajstić information content (AvgIpc) is 3.50. The Morgan fingerprint density at radius 2 is 1.88 bits per heavy atom. The third-order valence-electron chi connectivity index (χ3n) is 5.80. The molecule has 4 heteroatoms. The highest BCUT2D eigenvalue weighted by atomic mass is 32.1. The molecule has 1 aliphatic rings. The first-order valence-electron chi connectivity index (χ1n) is 11.2. The molecule has 0 bridgehead atoms. The monoisotopic (exact) mass is 442 g/mol. The summed E-state index contributed by atoms with van der Waals surface area (Å²) in [6.45, 7) is 10.1. The van der Waals surface area contributed by atoms with Gasteiger partial charge in [-0.25, -0.2) is 4.99 Å². The lowest BCUT2D eigenvalue weighted by Gasteiger charge is -2.10. The summed E-state index contributed by atoms with van der Waals surface area (Å²) in [6.07, 6.45) is 5.47. The van der Waals surface area contributed by atoms with E-state index in [2.05, 4.69) is 68.7 Å². The highest BCUT2D eigenvalue weighted by molar-refractivity contribution is 7.15. The van der Waals surface area contributed by atoms with Gasteiger partial charge in [-0.05, 0) is 68.5 Å². The fourth-order valence-electron chi connectivity index (χ4n) is 4.12. The van der Waals surface area contributed by atoms with Crippen LogP contribution in [0.15, 0.2) is 83.2 Å². The van der Waals surface area contributed by atoms with Gasteiger partial charge in [0.15, 0.2) is 0 Å². The summed E-state index contributed by atoms with van der Waals surface area (Å²) in [6, 6.07) is 17.0. The molecule has 0 spiro atoms. The second kappa shape index (κ2) is 9.58. The van der Waals surface area contributed by atoms with E-state index in [-0.39, 0.29) is 5.76 Å². The van der Waals surface area contributed by atoms with Crippen LogP contribution >= 0.6 is 11.3 Å². The van der Waals surface area contributed by atoms with Crippen LogP contribution in [-0.2, 0) is 6.42 Å². The third kappa shape index (κ3) is 4.71. The van der Waals surface area contributed by atoms with Crippen LogP contribution in [0.1, 0.15) is 54.8 Å². The topological polar surface area (TPSA) is 48.4 Å². The number of aromatic amines is 1. The van der Waals surface area contributed by atoms with Crippen molar-refractivity contribution >= 4 is 22.6 Å². The maximum Gasteiger partial charge on any atom is 0.0851 e. The Bertz CT molecular complexity index is 1220. The van der Waals surface area contributed by atoms with Gasteiger partial charge in [-0.1, -0.05) is 43.8 Å². The van der Waals surface area contributed by atoms with Gasteiger partial charge in [0.05, 0.1) is 27.7 Å². The third-order valence-corrected chi connectivity index (χ3v) is 7.06. The summed E-state index contributed by atoms with van der Waals surface area (Å²) in [7, 11) is 0. The van der Waals surface area contributed by atoms with E-state index in [1.54, 1.807) is 0 Å². The number of benzene rings is 1. The highest BCUT2D eigenvalue weighted by Gasteiger charge is 2.20. The molecule has 32 heavy (non-hydrogen) atoms. The van der Waals surface area contributed by atoms with Crippen molar-refractivity contribution in [3.63, 3.8) is 0 Å². The summed E-state index contributed by atoms with van der Waals surface area (Å²) < 4.78 is 0. The molecule has 0 fully saturated rings. The molecule has 0 unspecified atom stereocenters. The van der Waals surface area contributed by atoms with Gasteiger partial charge in [-0.3, -0.25) is 0 Å². The van der Waals surface area contributed by atoms with Crippen molar-refractivity contribution in [2.45, 2.75) is 46.5 Å². The number of aromatic nitrogens is 1. The van der Waals surface area contributed by atoms with Crippen LogP contribution in [0.25, 0.3) is 16.1 Å². The van der Waals surface area contributed by atoms with Crippen molar-refractivity contribution in [1.82, 2.24) is 4.98 Å². The van der Waals surface area contributed by atoms with Crippen molar-refractivity contribution < 1.29 is 5.11 Å². The number of thiophene rings is 1. The number of nitrogens with zero attached hydrogens (tertiary/aromatic N) is 1. The Morgan fingerprint density at radius 1 is 1.09 bits per heavy atom. The number of nitrogens with one attached hydrogen (secondary N) is 1. The minimum atomic E-state index is 0.232. The van der Waals surface area contributed by atoms with Gasteiger partial charge < -0.3 is 10.1 Å². The highest BCUT2D eigenvalue weighted by Crippen LogP contribution is 2.36. The van der Waals surface area contributed by atoms with Crippen molar-refractivity contribution in [3.05, 3.63) is 99.9 Å². The van der Waals surface area contributed by atoms with E-state index in [1.165, 1.54) is 26.5 Å². The zero-order valence-corrected chi connectivity index (χ0v) is 19.9. The first kappa shape index (κ1) is 22.1. The molecule has 0 saturated carbocycles. The molecule has 164 valence electrons. The molecule has 0 radical (unpaired) electrons. The largest absolute Gasteiger partial charge is 0.513 e. The van der Waals surface area contributed by atoms with Crippen molar-refractivity contribution in [2.75, 3.05) is 0 Å². The predicted molar refractivity (Wildman–Crippen MR) is 137 cm³/mol. The van der Waals surface area contributed by atoms with Crippen LogP contribution in [0, 0.1) is 6.92 Å². The summed E-state index contributed by atoms with van der Waals surface area (Å²) in [5.41, 5.74) is 9.02. The molecule has 0 aliphatic carbocycles. The summed E-state index contributed by atoms with van der Waals surface area (Å²) in [5.74, 6) is 0.232. The van der Waals surface area contributed by atoms with E-state index in [9.17, 15) is 5.11 Å². The van der Waals surface area contributed by atoms with Crippen LogP contribution < -0.4 is 0 Å². The van der Waals surface area contributed by atoms with Gasteiger partial charge in [-0.2, -0.15) is 0 Å². The fraction of sp³-hybridized carbons (Fsp3) is 0.250. The van der Waals surface area contributed by atoms with Crippen LogP contribution in [0.3, 0.4) is 0 Å². The maximum absolute atomic E-state index is 9.61. The number of H-pyrrole nitrogens is 1. The van der Waals surface area contributed by atoms with E-state index in [1.807, 2.05) is 29.5 Å². The van der Waals surface area contributed by atoms with Crippen LogP contribution in [0.5, 0.6) is 0 Å². The minimum Gasteiger partial charge on any atom is -0.513 e. The average molecular weight is 443 g/mol. The normalized spacial score (nSPS) is 15.0. The zero-order valence-electron chi connectivity index (χ0n) is 19.0. The second-order valence-corrected chi connectivity index (χ2v) is 9.47. The van der Waals surface area contributed by atoms with Crippen molar-refractivity contribution in [1.29, 1.82) is 0 Å². The minimum absolute atomic E-state index is 0.232. The summed E-state index contributed by atoms with van der Waals surface area (Å²) in [5, 5.41) is 9.61. The van der Waals surface area contributed by atoms with Gasteiger partial charge in [0.25, 0.3) is 0 Å². The molecular formula is C28H30N2OS. The smallest absolute Gasteiger partial charge is 0.0851 e. The molecule has 3 nitrogen and oxygen atoms in total. The quantitative estimate of drug-likeness (QED) is 0.341. The van der Waals surface area contributed by atoms with Gasteiger partial charge in [0.1, 0.15) is 0 Å². The number of aliphatic hydroxyl groups excluding tert-OH is 1. The molecule has 0 saturated heterocycles. The summed E-state index contributed by atoms with van der Waals surface area (Å²) >= 11 is 1.84. The number of rotatable bonds is 8. The van der Waals surface area contributed by atoms with Crippen molar-refractivity contribution in [3.8, 4) is 10.6 Å². The Morgan fingerprint density at radius 3 is 2.56 bits per heavy atom. The van der Waals surface area contributed by atoms with Crippen LogP contribution in [0.2, 0.25) is 0 Å². The van der Waals surface area contributed by atoms with Crippen molar-refractivity contribution in [2.24, 2.45) is 4.99 Å². The molecule has 2 aromatic heterocycles. The molecule has 0 amide bonds. The Hall–Kier alpha value is -3.11. The van der Waals surface area contributed by atoms with Gasteiger partial charge in [-0.15, -0.1) is 11.3 Å². The molecular weight excluding hydrogens is 412 g/mol. The lowest BCUT2D eigenvalue weighted by Crippen LogP contribution is -1.98. The molecule has 3 aromatic rings. The Balaban J connectivity index is 1.77. The Labute approximate surface area is 194 Å². The maximum atomic E-state index is 9.61. The zero-order chi connectivity index (χ0) is 22.7. The first-order chi connectivity index (χ1) is 15.5. The molecule has 0 atom stereocenters. The van der Waals surface area contributed by atoms with Crippen LogP contribution in [0.4, 0.5) is 0 Å². The molecule has 1 aromatic carbocycles. The number of hydrogen-bond acceptors (Lipinski definition) is 3. The summed E-state index contributed by atoms with van der Waals surface area (Å²) in [4.78, 5) is 11.4. The first-order valence-corrected chi connectivity index (χ1v) is 12.0.